The maximum absolute atomic E-state index is 13.8. The minimum Gasteiger partial charge on any atom is -0.324 e. The third-order valence-electron chi connectivity index (χ3n) is 2.78. The molecular formula is C14H11Cl3FN. The van der Waals surface area contributed by atoms with Gasteiger partial charge in [-0.3, -0.25) is 0 Å². The molecule has 0 aromatic heterocycles. The second-order valence-electron chi connectivity index (χ2n) is 4.23. The minimum absolute atomic E-state index is 0.0915. The number of hydrogen-bond donors (Lipinski definition) is 1. The van der Waals surface area contributed by atoms with Crippen LogP contribution >= 0.6 is 34.8 Å². The van der Waals surface area contributed by atoms with Crippen molar-refractivity contribution in [3.63, 3.8) is 0 Å². The van der Waals surface area contributed by atoms with Gasteiger partial charge in [0.05, 0.1) is 5.02 Å². The monoisotopic (exact) mass is 317 g/mol. The number of rotatable bonds is 3. The van der Waals surface area contributed by atoms with Crippen molar-refractivity contribution >= 4 is 34.8 Å². The molecule has 100 valence electrons. The smallest absolute Gasteiger partial charge is 0.145 e. The number of benzene rings is 2. The molecule has 1 unspecified atom stereocenters. The predicted octanol–water partition coefficient (Wildman–Crippen LogP) is 5.03. The summed E-state index contributed by atoms with van der Waals surface area (Å²) < 4.78 is 13.8. The average Bonchev–Trinajstić information content (AvgIpc) is 2.33. The van der Waals surface area contributed by atoms with Crippen molar-refractivity contribution in [2.24, 2.45) is 5.73 Å². The molecule has 1 atom stereocenters. The van der Waals surface area contributed by atoms with Gasteiger partial charge in [-0.1, -0.05) is 46.9 Å². The Bertz CT molecular complexity index is 581. The molecule has 0 bridgehead atoms. The van der Waals surface area contributed by atoms with Crippen molar-refractivity contribution in [2.75, 3.05) is 0 Å². The van der Waals surface area contributed by atoms with E-state index in [4.69, 9.17) is 40.5 Å². The van der Waals surface area contributed by atoms with Crippen molar-refractivity contribution < 1.29 is 4.39 Å². The van der Waals surface area contributed by atoms with E-state index in [0.29, 0.717) is 22.0 Å². The summed E-state index contributed by atoms with van der Waals surface area (Å²) in [5.74, 6) is -0.437. The van der Waals surface area contributed by atoms with Crippen molar-refractivity contribution in [3.05, 3.63) is 68.4 Å². The van der Waals surface area contributed by atoms with Gasteiger partial charge in [-0.2, -0.15) is 0 Å². The van der Waals surface area contributed by atoms with Crippen molar-refractivity contribution in [3.8, 4) is 0 Å². The lowest BCUT2D eigenvalue weighted by molar-refractivity contribution is 0.594. The van der Waals surface area contributed by atoms with Crippen molar-refractivity contribution in [2.45, 2.75) is 12.5 Å². The zero-order chi connectivity index (χ0) is 14.0. The molecule has 0 fully saturated rings. The molecule has 5 heteroatoms. The second kappa shape index (κ2) is 6.10. The molecule has 0 aliphatic heterocycles. The fourth-order valence-electron chi connectivity index (χ4n) is 1.85. The van der Waals surface area contributed by atoms with E-state index >= 15 is 0 Å². The van der Waals surface area contributed by atoms with Crippen LogP contribution in [0.15, 0.2) is 36.4 Å². The maximum atomic E-state index is 13.8. The third-order valence-corrected chi connectivity index (χ3v) is 3.51. The van der Waals surface area contributed by atoms with Crippen LogP contribution in [-0.2, 0) is 6.42 Å². The fourth-order valence-corrected chi connectivity index (χ4v) is 2.59. The first kappa shape index (κ1) is 14.6. The van der Waals surface area contributed by atoms with E-state index in [1.54, 1.807) is 30.3 Å². The molecule has 0 heterocycles. The number of nitrogens with two attached hydrogens (primary N) is 1. The molecule has 0 spiro atoms. The molecule has 19 heavy (non-hydrogen) atoms. The third kappa shape index (κ3) is 3.61. The molecule has 2 aromatic rings. The van der Waals surface area contributed by atoms with Gasteiger partial charge in [0.15, 0.2) is 0 Å². The highest BCUT2D eigenvalue weighted by Gasteiger charge is 2.13. The van der Waals surface area contributed by atoms with Crippen LogP contribution < -0.4 is 5.73 Å². The standard InChI is InChI=1S/C14H11Cl3FN/c15-10-4-9(5-11(16)7-10)13(19)6-8-2-1-3-12(17)14(8)18/h1-5,7,13H,6,19H2. The SMILES string of the molecule is NC(Cc1cccc(Cl)c1F)c1cc(Cl)cc(Cl)c1. The first-order valence-electron chi connectivity index (χ1n) is 5.62. The molecule has 0 aliphatic carbocycles. The van der Waals surface area contributed by atoms with Gasteiger partial charge in [0, 0.05) is 16.1 Å². The quantitative estimate of drug-likeness (QED) is 0.844. The largest absolute Gasteiger partial charge is 0.324 e. The lowest BCUT2D eigenvalue weighted by Gasteiger charge is -2.14. The van der Waals surface area contributed by atoms with Crippen LogP contribution in [0.3, 0.4) is 0 Å². The fraction of sp³-hybridized carbons (Fsp3) is 0.143. The van der Waals surface area contributed by atoms with Crippen LogP contribution in [0.25, 0.3) is 0 Å². The van der Waals surface area contributed by atoms with Crippen LogP contribution in [-0.4, -0.2) is 0 Å². The van der Waals surface area contributed by atoms with E-state index in [2.05, 4.69) is 0 Å². The number of hydrogen-bond acceptors (Lipinski definition) is 1. The van der Waals surface area contributed by atoms with E-state index < -0.39 is 11.9 Å². The summed E-state index contributed by atoms with van der Waals surface area (Å²) in [6.45, 7) is 0. The van der Waals surface area contributed by atoms with Crippen LogP contribution in [0.5, 0.6) is 0 Å². The molecule has 1 nitrogen and oxygen atoms in total. The highest BCUT2D eigenvalue weighted by molar-refractivity contribution is 6.34. The molecular weight excluding hydrogens is 308 g/mol. The van der Waals surface area contributed by atoms with Crippen LogP contribution in [0.1, 0.15) is 17.2 Å². The first-order chi connectivity index (χ1) is 8.97. The van der Waals surface area contributed by atoms with Crippen molar-refractivity contribution in [1.82, 2.24) is 0 Å². The molecule has 0 saturated carbocycles. The Balaban J connectivity index is 2.25. The average molecular weight is 319 g/mol. The summed E-state index contributed by atoms with van der Waals surface area (Å²) >= 11 is 17.6. The molecule has 2 rings (SSSR count). The summed E-state index contributed by atoms with van der Waals surface area (Å²) in [5, 5.41) is 1.10. The van der Waals surface area contributed by atoms with Gasteiger partial charge in [-0.05, 0) is 41.8 Å². The minimum atomic E-state index is -0.437. The van der Waals surface area contributed by atoms with Crippen LogP contribution in [0.2, 0.25) is 15.1 Å². The lowest BCUT2D eigenvalue weighted by atomic mass is 9.99. The van der Waals surface area contributed by atoms with Gasteiger partial charge >= 0.3 is 0 Å². The summed E-state index contributed by atoms with van der Waals surface area (Å²) in [6.07, 6.45) is 0.322. The first-order valence-corrected chi connectivity index (χ1v) is 6.75. The molecule has 2 N–H and O–H groups in total. The van der Waals surface area contributed by atoms with Gasteiger partial charge in [-0.15, -0.1) is 0 Å². The topological polar surface area (TPSA) is 26.0 Å². The second-order valence-corrected chi connectivity index (χ2v) is 5.51. The summed E-state index contributed by atoms with van der Waals surface area (Å²) in [5.41, 5.74) is 7.29. The predicted molar refractivity (Wildman–Crippen MR) is 78.5 cm³/mol. The highest BCUT2D eigenvalue weighted by Crippen LogP contribution is 2.26. The van der Waals surface area contributed by atoms with Gasteiger partial charge in [0.25, 0.3) is 0 Å². The van der Waals surface area contributed by atoms with E-state index in [-0.39, 0.29) is 5.02 Å². The van der Waals surface area contributed by atoms with Crippen molar-refractivity contribution in [1.29, 1.82) is 0 Å². The van der Waals surface area contributed by atoms with E-state index in [9.17, 15) is 4.39 Å². The van der Waals surface area contributed by atoms with Crippen LogP contribution in [0.4, 0.5) is 4.39 Å². The van der Waals surface area contributed by atoms with E-state index in [0.717, 1.165) is 5.56 Å². The zero-order valence-electron chi connectivity index (χ0n) is 9.84. The Morgan fingerprint density at radius 3 is 2.32 bits per heavy atom. The highest BCUT2D eigenvalue weighted by atomic mass is 35.5. The molecule has 0 radical (unpaired) electrons. The Labute approximate surface area is 126 Å². The normalized spacial score (nSPS) is 12.5. The summed E-state index contributed by atoms with van der Waals surface area (Å²) in [7, 11) is 0. The van der Waals surface area contributed by atoms with Gasteiger partial charge < -0.3 is 5.73 Å². The Morgan fingerprint density at radius 2 is 1.68 bits per heavy atom. The Kier molecular flexibility index (Phi) is 4.69. The van der Waals surface area contributed by atoms with Gasteiger partial charge in [0.2, 0.25) is 0 Å². The summed E-state index contributed by atoms with van der Waals surface area (Å²) in [6, 6.07) is 9.53. The Hall–Kier alpha value is -0.800. The number of halogens is 4. The molecule has 0 aliphatic rings. The summed E-state index contributed by atoms with van der Waals surface area (Å²) in [4.78, 5) is 0. The van der Waals surface area contributed by atoms with Gasteiger partial charge in [-0.25, -0.2) is 4.39 Å². The molecule has 0 saturated heterocycles. The molecule has 2 aromatic carbocycles. The zero-order valence-corrected chi connectivity index (χ0v) is 12.1. The van der Waals surface area contributed by atoms with E-state index in [1.807, 2.05) is 0 Å². The van der Waals surface area contributed by atoms with Crippen LogP contribution in [0, 0.1) is 5.82 Å². The van der Waals surface area contributed by atoms with Gasteiger partial charge in [0.1, 0.15) is 5.82 Å². The van der Waals surface area contributed by atoms with E-state index in [1.165, 1.54) is 6.07 Å². The Morgan fingerprint density at radius 1 is 1.05 bits per heavy atom. The molecule has 0 amide bonds. The maximum Gasteiger partial charge on any atom is 0.145 e. The lowest BCUT2D eigenvalue weighted by Crippen LogP contribution is -2.14.